The van der Waals surface area contributed by atoms with Crippen LogP contribution in [0.2, 0.25) is 0 Å². The first-order valence-corrected chi connectivity index (χ1v) is 12.4. The third-order valence-electron chi connectivity index (χ3n) is 7.35. The standard InChI is InChI=1S/C21H27N5O3S/c27-30(28,26-9-7-21(12-26)8-10-29-13-21)20-23-19(24-25-20)22-18-16-5-1-3-14(16)11-15-4-2-6-17(15)18/h11H,1-10,12-13H2,(H2,22,23,24,25). The fourth-order valence-corrected chi connectivity index (χ4v) is 7.07. The fourth-order valence-electron chi connectivity index (χ4n) is 5.69. The zero-order chi connectivity index (χ0) is 20.3. The molecule has 1 spiro atoms. The van der Waals surface area contributed by atoms with E-state index < -0.39 is 10.0 Å². The first-order chi connectivity index (χ1) is 14.5. The number of anilines is 2. The molecule has 2 fully saturated rings. The number of aryl methyl sites for hydroxylation is 2. The highest BCUT2D eigenvalue weighted by molar-refractivity contribution is 7.89. The van der Waals surface area contributed by atoms with Crippen molar-refractivity contribution >= 4 is 21.7 Å². The van der Waals surface area contributed by atoms with Crippen LogP contribution in [0.5, 0.6) is 0 Å². The van der Waals surface area contributed by atoms with Gasteiger partial charge in [0.15, 0.2) is 0 Å². The molecule has 1 aromatic carbocycles. The van der Waals surface area contributed by atoms with E-state index in [-0.39, 0.29) is 10.6 Å². The van der Waals surface area contributed by atoms with Gasteiger partial charge in [0, 0.05) is 30.8 Å². The summed E-state index contributed by atoms with van der Waals surface area (Å²) in [7, 11) is -3.69. The number of hydrogen-bond acceptors (Lipinski definition) is 6. The predicted molar refractivity (Wildman–Crippen MR) is 111 cm³/mol. The number of aromatic nitrogens is 3. The lowest BCUT2D eigenvalue weighted by atomic mass is 9.87. The van der Waals surface area contributed by atoms with Gasteiger partial charge in [-0.2, -0.15) is 9.29 Å². The minimum Gasteiger partial charge on any atom is -0.381 e. The second kappa shape index (κ2) is 6.77. The van der Waals surface area contributed by atoms with Gasteiger partial charge >= 0.3 is 0 Å². The van der Waals surface area contributed by atoms with E-state index in [9.17, 15) is 8.42 Å². The molecule has 3 heterocycles. The van der Waals surface area contributed by atoms with Crippen molar-refractivity contribution in [1.29, 1.82) is 0 Å². The van der Waals surface area contributed by atoms with Gasteiger partial charge in [-0.25, -0.2) is 13.5 Å². The van der Waals surface area contributed by atoms with Crippen LogP contribution < -0.4 is 5.32 Å². The number of benzene rings is 1. The Bertz CT molecular complexity index is 1070. The number of ether oxygens (including phenoxy) is 1. The second-order valence-electron chi connectivity index (χ2n) is 9.21. The molecule has 160 valence electrons. The summed E-state index contributed by atoms with van der Waals surface area (Å²) in [6.07, 6.45) is 8.44. The summed E-state index contributed by atoms with van der Waals surface area (Å²) in [5.41, 5.74) is 6.63. The van der Waals surface area contributed by atoms with E-state index in [2.05, 4.69) is 26.6 Å². The van der Waals surface area contributed by atoms with Crippen molar-refractivity contribution < 1.29 is 13.2 Å². The van der Waals surface area contributed by atoms with Gasteiger partial charge in [-0.15, -0.1) is 5.10 Å². The Labute approximate surface area is 176 Å². The van der Waals surface area contributed by atoms with Crippen molar-refractivity contribution in [1.82, 2.24) is 19.5 Å². The molecule has 8 nitrogen and oxygen atoms in total. The lowest BCUT2D eigenvalue weighted by Crippen LogP contribution is -2.33. The van der Waals surface area contributed by atoms with Crippen LogP contribution in [0.3, 0.4) is 0 Å². The normalized spacial score (nSPS) is 25.9. The van der Waals surface area contributed by atoms with Crippen molar-refractivity contribution in [3.8, 4) is 0 Å². The molecule has 0 bridgehead atoms. The largest absolute Gasteiger partial charge is 0.381 e. The van der Waals surface area contributed by atoms with Crippen molar-refractivity contribution in [3.63, 3.8) is 0 Å². The number of nitrogens with zero attached hydrogens (tertiary/aromatic N) is 3. The van der Waals surface area contributed by atoms with E-state index in [1.54, 1.807) is 0 Å². The summed E-state index contributed by atoms with van der Waals surface area (Å²) < 4.78 is 33.3. The number of sulfonamides is 1. The van der Waals surface area contributed by atoms with Gasteiger partial charge in [0.25, 0.3) is 15.2 Å². The molecule has 2 aromatic rings. The smallest absolute Gasteiger partial charge is 0.278 e. The molecule has 0 radical (unpaired) electrons. The van der Waals surface area contributed by atoms with Gasteiger partial charge < -0.3 is 10.1 Å². The maximum absolute atomic E-state index is 13.1. The zero-order valence-electron chi connectivity index (χ0n) is 17.0. The molecule has 2 N–H and O–H groups in total. The van der Waals surface area contributed by atoms with E-state index in [1.165, 1.54) is 39.4 Å². The molecular weight excluding hydrogens is 402 g/mol. The van der Waals surface area contributed by atoms with Crippen LogP contribution in [0.4, 0.5) is 11.6 Å². The molecule has 6 rings (SSSR count). The summed E-state index contributed by atoms with van der Waals surface area (Å²) in [6.45, 7) is 2.37. The number of rotatable bonds is 4. The minimum atomic E-state index is -3.69. The lowest BCUT2D eigenvalue weighted by molar-refractivity contribution is 0.157. The van der Waals surface area contributed by atoms with Crippen molar-refractivity contribution in [3.05, 3.63) is 28.3 Å². The molecule has 1 aromatic heterocycles. The van der Waals surface area contributed by atoms with Gasteiger partial charge in [-0.3, -0.25) is 0 Å². The molecule has 2 aliphatic heterocycles. The number of nitrogens with one attached hydrogen (secondary N) is 2. The summed E-state index contributed by atoms with van der Waals surface area (Å²) in [6, 6.07) is 2.37. The second-order valence-corrected chi connectivity index (χ2v) is 11.1. The Hall–Kier alpha value is -1.97. The molecule has 0 amide bonds. The first-order valence-electron chi connectivity index (χ1n) is 11.0. The maximum Gasteiger partial charge on any atom is 0.278 e. The van der Waals surface area contributed by atoms with Crippen LogP contribution in [0.1, 0.15) is 47.9 Å². The van der Waals surface area contributed by atoms with Gasteiger partial charge in [0.1, 0.15) is 0 Å². The Morgan fingerprint density at radius 1 is 1.10 bits per heavy atom. The van der Waals surface area contributed by atoms with Crippen LogP contribution in [-0.2, 0) is 40.4 Å². The van der Waals surface area contributed by atoms with Crippen molar-refractivity contribution in [2.24, 2.45) is 5.41 Å². The van der Waals surface area contributed by atoms with E-state index in [0.29, 0.717) is 25.6 Å². The van der Waals surface area contributed by atoms with E-state index in [0.717, 1.165) is 50.8 Å². The van der Waals surface area contributed by atoms with E-state index in [1.807, 2.05) is 0 Å². The van der Waals surface area contributed by atoms with Crippen molar-refractivity contribution in [2.75, 3.05) is 31.6 Å². The molecule has 30 heavy (non-hydrogen) atoms. The molecule has 1 unspecified atom stereocenters. The van der Waals surface area contributed by atoms with Crippen molar-refractivity contribution in [2.45, 2.75) is 56.5 Å². The Kier molecular flexibility index (Phi) is 4.23. The number of aromatic amines is 1. The van der Waals surface area contributed by atoms with Gasteiger partial charge in [-0.05, 0) is 73.6 Å². The molecule has 4 aliphatic rings. The van der Waals surface area contributed by atoms with Gasteiger partial charge in [0.2, 0.25) is 5.95 Å². The van der Waals surface area contributed by atoms with Crippen LogP contribution >= 0.6 is 0 Å². The summed E-state index contributed by atoms with van der Waals surface area (Å²) in [5.74, 6) is 0.334. The monoisotopic (exact) mass is 429 g/mol. The zero-order valence-corrected chi connectivity index (χ0v) is 17.9. The Balaban J connectivity index is 1.27. The molecular formula is C21H27N5O3S. The summed E-state index contributed by atoms with van der Waals surface area (Å²) >= 11 is 0. The average molecular weight is 430 g/mol. The average Bonchev–Trinajstić information content (AvgIpc) is 3.55. The fraction of sp³-hybridized carbons (Fsp3) is 0.619. The topological polar surface area (TPSA) is 100 Å². The number of hydrogen-bond donors (Lipinski definition) is 2. The number of fused-ring (bicyclic) bond motifs is 2. The Morgan fingerprint density at radius 2 is 1.87 bits per heavy atom. The van der Waals surface area contributed by atoms with Crippen LogP contribution in [-0.4, -0.2) is 54.2 Å². The summed E-state index contributed by atoms with van der Waals surface area (Å²) in [5, 5.41) is 10.2. The minimum absolute atomic E-state index is 0.0285. The third-order valence-corrected chi connectivity index (χ3v) is 9.01. The highest BCUT2D eigenvalue weighted by atomic mass is 32.2. The molecule has 2 saturated heterocycles. The first kappa shape index (κ1) is 18.8. The summed E-state index contributed by atoms with van der Waals surface area (Å²) in [4.78, 5) is 4.35. The van der Waals surface area contributed by atoms with E-state index >= 15 is 0 Å². The third kappa shape index (κ3) is 2.90. The van der Waals surface area contributed by atoms with Crippen LogP contribution in [0.25, 0.3) is 0 Å². The highest BCUT2D eigenvalue weighted by Crippen LogP contribution is 2.41. The maximum atomic E-state index is 13.1. The quantitative estimate of drug-likeness (QED) is 0.774. The SMILES string of the molecule is O=S(=O)(c1nc(Nc2c3c(cc4c2CCC4)CCC3)n[nH]1)N1CCC2(CCOC2)C1. The lowest BCUT2D eigenvalue weighted by Gasteiger charge is -2.20. The Morgan fingerprint density at radius 3 is 2.57 bits per heavy atom. The van der Waals surface area contributed by atoms with E-state index in [4.69, 9.17) is 4.74 Å². The molecule has 1 atom stereocenters. The van der Waals surface area contributed by atoms with Crippen LogP contribution in [0.15, 0.2) is 11.2 Å². The van der Waals surface area contributed by atoms with Crippen LogP contribution in [0, 0.1) is 5.41 Å². The van der Waals surface area contributed by atoms with Gasteiger partial charge in [-0.1, -0.05) is 6.07 Å². The highest BCUT2D eigenvalue weighted by Gasteiger charge is 2.46. The van der Waals surface area contributed by atoms with Gasteiger partial charge in [0.05, 0.1) is 6.61 Å². The molecule has 9 heteroatoms. The molecule has 0 saturated carbocycles. The molecule has 2 aliphatic carbocycles. The predicted octanol–water partition coefficient (Wildman–Crippen LogP) is 2.33. The number of H-pyrrole nitrogens is 1.